The van der Waals surface area contributed by atoms with Crippen LogP contribution in [-0.2, 0) is 0 Å². The first kappa shape index (κ1) is 13.0. The van der Waals surface area contributed by atoms with Crippen LogP contribution in [-0.4, -0.2) is 11.7 Å². The summed E-state index contributed by atoms with van der Waals surface area (Å²) in [6.07, 6.45) is 1.11. The number of phenolic OH excluding ortho intramolecular Hbond substituents is 1. The number of rotatable bonds is 5. The van der Waals surface area contributed by atoms with Crippen molar-refractivity contribution in [3.05, 3.63) is 29.6 Å². The minimum atomic E-state index is -0.315. The fourth-order valence-corrected chi connectivity index (χ4v) is 1.50. The standard InChI is InChI=1S/C13H20FNO/c1-4-9(2)8-15-10(3)12-7-11(14)5-6-13(12)16/h5-7,9-10,15-16H,4,8H2,1-3H3. The Morgan fingerprint density at radius 3 is 2.69 bits per heavy atom. The second-order valence-corrected chi connectivity index (χ2v) is 4.35. The Morgan fingerprint density at radius 2 is 2.06 bits per heavy atom. The number of hydrogen-bond acceptors (Lipinski definition) is 2. The van der Waals surface area contributed by atoms with Gasteiger partial charge in [0.05, 0.1) is 0 Å². The molecule has 2 N–H and O–H groups in total. The van der Waals surface area contributed by atoms with Gasteiger partial charge in [0.15, 0.2) is 0 Å². The third-order valence-corrected chi connectivity index (χ3v) is 2.93. The van der Waals surface area contributed by atoms with E-state index in [0.29, 0.717) is 11.5 Å². The van der Waals surface area contributed by atoms with Crippen LogP contribution in [0.15, 0.2) is 18.2 Å². The SMILES string of the molecule is CCC(C)CNC(C)c1cc(F)ccc1O. The molecule has 0 aliphatic rings. The first-order valence-corrected chi connectivity index (χ1v) is 5.76. The molecule has 2 unspecified atom stereocenters. The fourth-order valence-electron chi connectivity index (χ4n) is 1.50. The maximum atomic E-state index is 13.0. The van der Waals surface area contributed by atoms with Gasteiger partial charge in [-0.05, 0) is 37.6 Å². The van der Waals surface area contributed by atoms with Gasteiger partial charge in [0.2, 0.25) is 0 Å². The second kappa shape index (κ2) is 5.85. The highest BCUT2D eigenvalue weighted by Crippen LogP contribution is 2.24. The summed E-state index contributed by atoms with van der Waals surface area (Å²) in [6, 6.07) is 4.00. The van der Waals surface area contributed by atoms with Gasteiger partial charge in [-0.3, -0.25) is 0 Å². The molecule has 3 heteroatoms. The molecule has 0 saturated carbocycles. The molecule has 0 heterocycles. The van der Waals surface area contributed by atoms with E-state index in [1.54, 1.807) is 0 Å². The summed E-state index contributed by atoms with van der Waals surface area (Å²) in [4.78, 5) is 0. The molecule has 90 valence electrons. The van der Waals surface area contributed by atoms with Crippen molar-refractivity contribution in [2.24, 2.45) is 5.92 Å². The van der Waals surface area contributed by atoms with Crippen LogP contribution in [0.1, 0.15) is 38.8 Å². The molecule has 1 rings (SSSR count). The quantitative estimate of drug-likeness (QED) is 0.806. The summed E-state index contributed by atoms with van der Waals surface area (Å²) in [5, 5.41) is 12.9. The second-order valence-electron chi connectivity index (χ2n) is 4.35. The predicted molar refractivity (Wildman–Crippen MR) is 63.9 cm³/mol. The van der Waals surface area contributed by atoms with Crippen molar-refractivity contribution in [1.29, 1.82) is 0 Å². The van der Waals surface area contributed by atoms with Gasteiger partial charge < -0.3 is 10.4 Å². The zero-order valence-corrected chi connectivity index (χ0v) is 10.1. The van der Waals surface area contributed by atoms with E-state index in [1.807, 2.05) is 6.92 Å². The normalized spacial score (nSPS) is 14.8. The topological polar surface area (TPSA) is 32.3 Å². The molecule has 0 saturated heterocycles. The van der Waals surface area contributed by atoms with Gasteiger partial charge in [0.1, 0.15) is 11.6 Å². The van der Waals surface area contributed by atoms with Gasteiger partial charge in [-0.2, -0.15) is 0 Å². The van der Waals surface area contributed by atoms with Crippen LogP contribution in [0.25, 0.3) is 0 Å². The molecule has 2 atom stereocenters. The highest BCUT2D eigenvalue weighted by molar-refractivity contribution is 5.34. The lowest BCUT2D eigenvalue weighted by Crippen LogP contribution is -2.24. The van der Waals surface area contributed by atoms with E-state index < -0.39 is 0 Å². The first-order valence-electron chi connectivity index (χ1n) is 5.76. The van der Waals surface area contributed by atoms with Crippen LogP contribution in [0.2, 0.25) is 0 Å². The van der Waals surface area contributed by atoms with Crippen molar-refractivity contribution in [3.8, 4) is 5.75 Å². The number of halogens is 1. The highest BCUT2D eigenvalue weighted by Gasteiger charge is 2.11. The molecule has 0 radical (unpaired) electrons. The van der Waals surface area contributed by atoms with E-state index >= 15 is 0 Å². The van der Waals surface area contributed by atoms with E-state index in [4.69, 9.17) is 0 Å². The fraction of sp³-hybridized carbons (Fsp3) is 0.538. The van der Waals surface area contributed by atoms with Crippen LogP contribution in [0.3, 0.4) is 0 Å². The van der Waals surface area contributed by atoms with E-state index in [0.717, 1.165) is 13.0 Å². The van der Waals surface area contributed by atoms with E-state index in [-0.39, 0.29) is 17.6 Å². The Balaban J connectivity index is 2.65. The van der Waals surface area contributed by atoms with Crippen molar-refractivity contribution in [3.63, 3.8) is 0 Å². The van der Waals surface area contributed by atoms with E-state index in [9.17, 15) is 9.50 Å². The van der Waals surface area contributed by atoms with Gasteiger partial charge in [-0.1, -0.05) is 20.3 Å². The van der Waals surface area contributed by atoms with Crippen molar-refractivity contribution < 1.29 is 9.50 Å². The molecule has 16 heavy (non-hydrogen) atoms. The van der Waals surface area contributed by atoms with Gasteiger partial charge >= 0.3 is 0 Å². The Labute approximate surface area is 96.5 Å². The summed E-state index contributed by atoms with van der Waals surface area (Å²) < 4.78 is 13.0. The lowest BCUT2D eigenvalue weighted by atomic mass is 10.0. The lowest BCUT2D eigenvalue weighted by Gasteiger charge is -2.18. The molecule has 0 amide bonds. The minimum absolute atomic E-state index is 0.0373. The van der Waals surface area contributed by atoms with Crippen LogP contribution < -0.4 is 5.32 Å². The molecule has 0 aromatic heterocycles. The van der Waals surface area contributed by atoms with Crippen molar-refractivity contribution in [1.82, 2.24) is 5.32 Å². The van der Waals surface area contributed by atoms with Crippen LogP contribution in [0.5, 0.6) is 5.75 Å². The van der Waals surface area contributed by atoms with Crippen LogP contribution in [0.4, 0.5) is 4.39 Å². The molecular formula is C13H20FNO. The monoisotopic (exact) mass is 225 g/mol. The van der Waals surface area contributed by atoms with Crippen LogP contribution in [0, 0.1) is 11.7 Å². The minimum Gasteiger partial charge on any atom is -0.508 e. The molecule has 0 spiro atoms. The third kappa shape index (κ3) is 3.49. The molecule has 1 aromatic rings. The first-order chi connectivity index (χ1) is 7.54. The highest BCUT2D eigenvalue weighted by atomic mass is 19.1. The zero-order valence-electron chi connectivity index (χ0n) is 10.1. The number of benzene rings is 1. The molecule has 2 nitrogen and oxygen atoms in total. The van der Waals surface area contributed by atoms with Gasteiger partial charge in [-0.25, -0.2) is 4.39 Å². The van der Waals surface area contributed by atoms with E-state index in [1.165, 1.54) is 18.2 Å². The number of hydrogen-bond donors (Lipinski definition) is 2. The Kier molecular flexibility index (Phi) is 4.74. The number of phenols is 1. The number of aromatic hydroxyl groups is 1. The van der Waals surface area contributed by atoms with E-state index in [2.05, 4.69) is 19.2 Å². The third-order valence-electron chi connectivity index (χ3n) is 2.93. The van der Waals surface area contributed by atoms with Crippen molar-refractivity contribution in [2.45, 2.75) is 33.2 Å². The summed E-state index contributed by atoms with van der Waals surface area (Å²) in [6.45, 7) is 7.09. The maximum absolute atomic E-state index is 13.0. The van der Waals surface area contributed by atoms with Gasteiger partial charge in [-0.15, -0.1) is 0 Å². The Hall–Kier alpha value is -1.09. The maximum Gasteiger partial charge on any atom is 0.123 e. The predicted octanol–water partition coefficient (Wildman–Crippen LogP) is 3.23. The summed E-state index contributed by atoms with van der Waals surface area (Å²) >= 11 is 0. The molecule has 0 aliphatic heterocycles. The largest absolute Gasteiger partial charge is 0.508 e. The molecule has 0 fully saturated rings. The molecule has 1 aromatic carbocycles. The molecule has 0 bridgehead atoms. The van der Waals surface area contributed by atoms with Crippen molar-refractivity contribution in [2.75, 3.05) is 6.54 Å². The van der Waals surface area contributed by atoms with Gasteiger partial charge in [0, 0.05) is 11.6 Å². The smallest absolute Gasteiger partial charge is 0.123 e. The Morgan fingerprint density at radius 1 is 1.38 bits per heavy atom. The summed E-state index contributed by atoms with van der Waals surface area (Å²) in [5.74, 6) is 0.411. The van der Waals surface area contributed by atoms with Crippen molar-refractivity contribution >= 4 is 0 Å². The average molecular weight is 225 g/mol. The zero-order chi connectivity index (χ0) is 12.1. The summed E-state index contributed by atoms with van der Waals surface area (Å²) in [5.41, 5.74) is 0.614. The number of nitrogens with one attached hydrogen (secondary N) is 1. The average Bonchev–Trinajstić information content (AvgIpc) is 2.28. The lowest BCUT2D eigenvalue weighted by molar-refractivity contribution is 0.429. The van der Waals surface area contributed by atoms with Crippen LogP contribution >= 0.6 is 0 Å². The Bertz CT molecular complexity index is 341. The molecular weight excluding hydrogens is 205 g/mol. The summed E-state index contributed by atoms with van der Waals surface area (Å²) in [7, 11) is 0. The van der Waals surface area contributed by atoms with Gasteiger partial charge in [0.25, 0.3) is 0 Å². The molecule has 0 aliphatic carbocycles.